The van der Waals surface area contributed by atoms with E-state index in [1.54, 1.807) is 13.8 Å². The molecule has 0 atom stereocenters. The van der Waals surface area contributed by atoms with Crippen LogP contribution in [0.15, 0.2) is 0 Å². The summed E-state index contributed by atoms with van der Waals surface area (Å²) in [5.41, 5.74) is -0.895. The molecule has 3 nitrogen and oxygen atoms in total. The predicted molar refractivity (Wildman–Crippen MR) is 66.4 cm³/mol. The normalized spacial score (nSPS) is 24.4. The second-order valence-corrected chi connectivity index (χ2v) is 6.80. The molecule has 0 spiro atoms. The van der Waals surface area contributed by atoms with Crippen LogP contribution >= 0.6 is 0 Å². The monoisotopic (exact) mass is 229 g/mol. The van der Waals surface area contributed by atoms with Crippen LogP contribution in [0.2, 0.25) is 0 Å². The van der Waals surface area contributed by atoms with Crippen molar-refractivity contribution in [1.29, 1.82) is 0 Å². The number of aliphatic hydroxyl groups is 2. The lowest BCUT2D eigenvalue weighted by atomic mass is 9.71. The van der Waals surface area contributed by atoms with E-state index in [0.29, 0.717) is 18.5 Å². The van der Waals surface area contributed by atoms with E-state index in [-0.39, 0.29) is 0 Å². The van der Waals surface area contributed by atoms with Gasteiger partial charge in [-0.05, 0) is 44.9 Å². The summed E-state index contributed by atoms with van der Waals surface area (Å²) < 4.78 is 0. The van der Waals surface area contributed by atoms with Crippen LogP contribution in [0.25, 0.3) is 0 Å². The molecular weight excluding hydrogens is 202 g/mol. The van der Waals surface area contributed by atoms with Gasteiger partial charge in [-0.15, -0.1) is 0 Å². The molecule has 3 N–H and O–H groups in total. The molecule has 0 aliphatic heterocycles. The number of hydrogen-bond donors (Lipinski definition) is 3. The molecule has 0 aromatic rings. The first-order valence-electron chi connectivity index (χ1n) is 6.28. The third kappa shape index (κ3) is 4.81. The smallest absolute Gasteiger partial charge is 0.0772 e. The molecule has 1 aliphatic rings. The van der Waals surface area contributed by atoms with Crippen molar-refractivity contribution in [1.82, 2.24) is 5.32 Å². The summed E-state index contributed by atoms with van der Waals surface area (Å²) in [4.78, 5) is 0. The van der Waals surface area contributed by atoms with E-state index < -0.39 is 11.2 Å². The Morgan fingerprint density at radius 1 is 1.12 bits per heavy atom. The summed E-state index contributed by atoms with van der Waals surface area (Å²) >= 11 is 0. The first-order valence-corrected chi connectivity index (χ1v) is 6.28. The minimum atomic E-state index is -0.704. The fourth-order valence-electron chi connectivity index (χ4n) is 2.17. The molecule has 3 heteroatoms. The highest BCUT2D eigenvalue weighted by Gasteiger charge is 2.36. The van der Waals surface area contributed by atoms with E-state index in [2.05, 4.69) is 19.2 Å². The molecule has 0 radical (unpaired) electrons. The topological polar surface area (TPSA) is 52.5 Å². The van der Waals surface area contributed by atoms with Gasteiger partial charge in [0.1, 0.15) is 0 Å². The average Bonchev–Trinajstić information content (AvgIpc) is 2.09. The van der Waals surface area contributed by atoms with Crippen LogP contribution in [-0.2, 0) is 0 Å². The van der Waals surface area contributed by atoms with Crippen molar-refractivity contribution in [3.63, 3.8) is 0 Å². The molecule has 0 unspecified atom stereocenters. The van der Waals surface area contributed by atoms with Gasteiger partial charge in [-0.1, -0.05) is 13.8 Å². The van der Waals surface area contributed by atoms with Crippen molar-refractivity contribution < 1.29 is 10.2 Å². The van der Waals surface area contributed by atoms with Crippen LogP contribution in [0.3, 0.4) is 0 Å². The average molecular weight is 229 g/mol. The Labute approximate surface area is 99.3 Å². The van der Waals surface area contributed by atoms with Gasteiger partial charge in [0, 0.05) is 13.1 Å². The Balaban J connectivity index is 2.32. The SMILES string of the molecule is CC(C)(O)CNCC1(O)CCC(C)(C)CC1. The van der Waals surface area contributed by atoms with Gasteiger partial charge in [-0.2, -0.15) is 0 Å². The van der Waals surface area contributed by atoms with Gasteiger partial charge in [-0.3, -0.25) is 0 Å². The lowest BCUT2D eigenvalue weighted by Crippen LogP contribution is -2.48. The van der Waals surface area contributed by atoms with Gasteiger partial charge in [0.15, 0.2) is 0 Å². The second-order valence-electron chi connectivity index (χ2n) is 6.80. The molecule has 0 heterocycles. The van der Waals surface area contributed by atoms with E-state index in [1.165, 1.54) is 0 Å². The second kappa shape index (κ2) is 4.63. The number of rotatable bonds is 4. The Morgan fingerprint density at radius 3 is 2.06 bits per heavy atom. The maximum absolute atomic E-state index is 10.4. The first-order chi connectivity index (χ1) is 7.12. The minimum absolute atomic E-state index is 0.377. The summed E-state index contributed by atoms with van der Waals surface area (Å²) in [6, 6.07) is 0. The number of nitrogens with one attached hydrogen (secondary N) is 1. The summed E-state index contributed by atoms with van der Waals surface area (Å²) in [6.07, 6.45) is 3.87. The number of hydrogen-bond acceptors (Lipinski definition) is 3. The molecule has 1 rings (SSSR count). The van der Waals surface area contributed by atoms with E-state index in [9.17, 15) is 10.2 Å². The largest absolute Gasteiger partial charge is 0.389 e. The highest BCUT2D eigenvalue weighted by molar-refractivity contribution is 4.91. The van der Waals surface area contributed by atoms with Crippen molar-refractivity contribution in [2.75, 3.05) is 13.1 Å². The lowest BCUT2D eigenvalue weighted by Gasteiger charge is -2.40. The molecule has 0 aromatic heterocycles. The van der Waals surface area contributed by atoms with Crippen molar-refractivity contribution in [3.05, 3.63) is 0 Å². The van der Waals surface area contributed by atoms with Gasteiger partial charge in [0.05, 0.1) is 11.2 Å². The summed E-state index contributed by atoms with van der Waals surface area (Å²) in [5, 5.41) is 23.1. The summed E-state index contributed by atoms with van der Waals surface area (Å²) in [7, 11) is 0. The maximum atomic E-state index is 10.4. The molecular formula is C13H27NO2. The molecule has 0 amide bonds. The zero-order valence-corrected chi connectivity index (χ0v) is 11.1. The molecule has 1 fully saturated rings. The van der Waals surface area contributed by atoms with Gasteiger partial charge in [0.25, 0.3) is 0 Å². The van der Waals surface area contributed by atoms with Crippen LogP contribution in [0.1, 0.15) is 53.4 Å². The molecule has 0 saturated heterocycles. The Bertz CT molecular complexity index is 221. The van der Waals surface area contributed by atoms with Gasteiger partial charge >= 0.3 is 0 Å². The van der Waals surface area contributed by atoms with Gasteiger partial charge in [-0.25, -0.2) is 0 Å². The standard InChI is InChI=1S/C13H27NO2/c1-11(2)5-7-13(16,8-6-11)10-14-9-12(3,4)15/h14-16H,5-10H2,1-4H3. The van der Waals surface area contributed by atoms with Crippen molar-refractivity contribution in [2.24, 2.45) is 5.41 Å². The predicted octanol–water partition coefficient (Wildman–Crippen LogP) is 1.68. The zero-order valence-electron chi connectivity index (χ0n) is 11.1. The molecule has 0 aromatic carbocycles. The van der Waals surface area contributed by atoms with E-state index in [1.807, 2.05) is 0 Å². The molecule has 0 bridgehead atoms. The van der Waals surface area contributed by atoms with E-state index >= 15 is 0 Å². The van der Waals surface area contributed by atoms with E-state index in [4.69, 9.17) is 0 Å². The van der Waals surface area contributed by atoms with Crippen molar-refractivity contribution >= 4 is 0 Å². The molecule has 1 aliphatic carbocycles. The Kier molecular flexibility index (Phi) is 4.04. The highest BCUT2D eigenvalue weighted by atomic mass is 16.3. The molecule has 1 saturated carbocycles. The first kappa shape index (κ1) is 13.9. The van der Waals surface area contributed by atoms with Gasteiger partial charge < -0.3 is 15.5 Å². The molecule has 16 heavy (non-hydrogen) atoms. The Morgan fingerprint density at radius 2 is 1.62 bits per heavy atom. The fourth-order valence-corrected chi connectivity index (χ4v) is 2.17. The highest BCUT2D eigenvalue weighted by Crippen LogP contribution is 2.39. The van der Waals surface area contributed by atoms with Crippen LogP contribution in [-0.4, -0.2) is 34.5 Å². The van der Waals surface area contributed by atoms with Gasteiger partial charge in [0.2, 0.25) is 0 Å². The summed E-state index contributed by atoms with van der Waals surface area (Å²) in [6.45, 7) is 9.18. The third-order valence-corrected chi connectivity index (χ3v) is 3.55. The zero-order chi connectivity index (χ0) is 12.4. The fraction of sp³-hybridized carbons (Fsp3) is 1.00. The van der Waals surface area contributed by atoms with E-state index in [0.717, 1.165) is 25.7 Å². The van der Waals surface area contributed by atoms with Crippen LogP contribution in [0.5, 0.6) is 0 Å². The quantitative estimate of drug-likeness (QED) is 0.687. The lowest BCUT2D eigenvalue weighted by molar-refractivity contribution is -0.0282. The third-order valence-electron chi connectivity index (χ3n) is 3.55. The Hall–Kier alpha value is -0.120. The van der Waals surface area contributed by atoms with Crippen molar-refractivity contribution in [3.8, 4) is 0 Å². The maximum Gasteiger partial charge on any atom is 0.0772 e. The summed E-state index contributed by atoms with van der Waals surface area (Å²) in [5.74, 6) is 0. The van der Waals surface area contributed by atoms with Crippen LogP contribution < -0.4 is 5.32 Å². The van der Waals surface area contributed by atoms with Crippen molar-refractivity contribution in [2.45, 2.75) is 64.6 Å². The minimum Gasteiger partial charge on any atom is -0.389 e. The molecule has 96 valence electrons. The van der Waals surface area contributed by atoms with Crippen LogP contribution in [0.4, 0.5) is 0 Å². The van der Waals surface area contributed by atoms with Crippen LogP contribution in [0, 0.1) is 5.41 Å².